The molecule has 0 aliphatic rings. The summed E-state index contributed by atoms with van der Waals surface area (Å²) in [6, 6.07) is 16.3. The van der Waals surface area contributed by atoms with Crippen molar-refractivity contribution in [3.05, 3.63) is 72.1 Å². The number of aryl methyl sites for hydroxylation is 1. The van der Waals surface area contributed by atoms with Crippen molar-refractivity contribution in [3.63, 3.8) is 0 Å². The van der Waals surface area contributed by atoms with E-state index in [2.05, 4.69) is 31.8 Å². The molecule has 0 unspecified atom stereocenters. The van der Waals surface area contributed by atoms with E-state index in [-0.39, 0.29) is 0 Å². The minimum Gasteiger partial charge on any atom is -0.542 e. The van der Waals surface area contributed by atoms with Gasteiger partial charge in [0.25, 0.3) is 0 Å². The molecule has 0 amide bonds. The van der Waals surface area contributed by atoms with E-state index in [0.29, 0.717) is 6.54 Å². The molecule has 1 heterocycles. The number of hydrogen-bond acceptors (Lipinski definition) is 8. The number of anilines is 1. The number of carboxylic acids is 2. The number of hydrogen-bond donors (Lipinski definition) is 1. The highest BCUT2D eigenvalue weighted by Crippen LogP contribution is 2.21. The van der Waals surface area contributed by atoms with Crippen LogP contribution in [0.2, 0.25) is 0 Å². The highest BCUT2D eigenvalue weighted by molar-refractivity contribution is 5.71. The molecule has 10 nitrogen and oxygen atoms in total. The van der Waals surface area contributed by atoms with Crippen LogP contribution in [0.25, 0.3) is 0 Å². The standard InChI is InChI=1S/C20H25N6.2C2HF3O2/c1-24(2)19-9-7-18(8-10-19)22-23-20-25(3)11-12-26(20)15-17-6-4-5-16(13-17)14-21;2*3-2(4,5)1(6)7/h4-13H,14-15,21H2,1-3H3;2*(H,6,7)/q+1;;/p-2. The van der Waals surface area contributed by atoms with Gasteiger partial charge in [0.05, 0.1) is 26.0 Å². The second kappa shape index (κ2) is 14.6. The lowest BCUT2D eigenvalue weighted by atomic mass is 10.1. The number of carbonyl (C=O) groups excluding carboxylic acids is 2. The predicted octanol–water partition coefficient (Wildman–Crippen LogP) is 1.90. The van der Waals surface area contributed by atoms with Gasteiger partial charge in [0.15, 0.2) is 0 Å². The third kappa shape index (κ3) is 11.5. The van der Waals surface area contributed by atoms with Crippen molar-refractivity contribution >= 4 is 29.3 Å². The van der Waals surface area contributed by atoms with Crippen LogP contribution in [0.15, 0.2) is 71.2 Å². The Morgan fingerprint density at radius 2 is 1.43 bits per heavy atom. The van der Waals surface area contributed by atoms with Crippen LogP contribution in [0.4, 0.5) is 43.7 Å². The first-order valence-corrected chi connectivity index (χ1v) is 11.0. The zero-order chi connectivity index (χ0) is 30.7. The Kier molecular flexibility index (Phi) is 12.3. The lowest BCUT2D eigenvalue weighted by Gasteiger charge is -2.11. The quantitative estimate of drug-likeness (QED) is 0.270. The van der Waals surface area contributed by atoms with Crippen molar-refractivity contribution < 1.29 is 50.7 Å². The van der Waals surface area contributed by atoms with E-state index in [4.69, 9.17) is 25.5 Å². The zero-order valence-electron chi connectivity index (χ0n) is 21.4. The topological polar surface area (TPSA) is 143 Å². The first-order valence-electron chi connectivity index (χ1n) is 11.0. The minimum absolute atomic E-state index is 0.544. The summed E-state index contributed by atoms with van der Waals surface area (Å²) < 4.78 is 67.1. The summed E-state index contributed by atoms with van der Waals surface area (Å²) in [5.41, 5.74) is 10.0. The van der Waals surface area contributed by atoms with Gasteiger partial charge in [0.1, 0.15) is 17.6 Å². The number of imidazole rings is 1. The molecule has 2 N–H and O–H groups in total. The van der Waals surface area contributed by atoms with Crippen molar-refractivity contribution in [2.75, 3.05) is 19.0 Å². The molecule has 3 rings (SSSR count). The van der Waals surface area contributed by atoms with E-state index in [0.717, 1.165) is 29.4 Å². The molecule has 2 aromatic carbocycles. The fourth-order valence-electron chi connectivity index (χ4n) is 2.74. The first kappa shape index (κ1) is 33.6. The van der Waals surface area contributed by atoms with Crippen LogP contribution in [0.1, 0.15) is 11.1 Å². The molecule has 0 radical (unpaired) electrons. The van der Waals surface area contributed by atoms with Gasteiger partial charge in [-0.15, -0.1) is 0 Å². The number of carboxylic acid groups (broad SMARTS) is 2. The molecular formula is C24H25F6N6O4-. The Hall–Kier alpha value is -4.47. The molecule has 0 atom stereocenters. The van der Waals surface area contributed by atoms with Gasteiger partial charge in [-0.1, -0.05) is 29.4 Å². The summed E-state index contributed by atoms with van der Waals surface area (Å²) in [7, 11) is 6.00. The molecule has 0 aliphatic carbocycles. The van der Waals surface area contributed by atoms with Crippen LogP contribution >= 0.6 is 0 Å². The molecule has 16 heteroatoms. The predicted molar refractivity (Wildman–Crippen MR) is 126 cm³/mol. The van der Waals surface area contributed by atoms with Gasteiger partial charge in [0, 0.05) is 31.4 Å². The van der Waals surface area contributed by atoms with Crippen LogP contribution in [-0.4, -0.2) is 43.0 Å². The number of halogens is 6. The van der Waals surface area contributed by atoms with Gasteiger partial charge in [-0.2, -0.15) is 26.3 Å². The van der Waals surface area contributed by atoms with Gasteiger partial charge < -0.3 is 30.4 Å². The van der Waals surface area contributed by atoms with E-state index in [1.165, 1.54) is 5.56 Å². The summed E-state index contributed by atoms with van der Waals surface area (Å²) in [5, 5.41) is 26.4. The largest absolute Gasteiger partial charge is 0.542 e. The molecule has 0 aliphatic heterocycles. The Balaban J connectivity index is 0.000000473. The zero-order valence-corrected chi connectivity index (χ0v) is 21.4. The van der Waals surface area contributed by atoms with Gasteiger partial charge in [0.2, 0.25) is 0 Å². The molecule has 0 fully saturated rings. The number of alkyl halides is 6. The van der Waals surface area contributed by atoms with Crippen LogP contribution < -0.4 is 25.4 Å². The second-order valence-corrected chi connectivity index (χ2v) is 8.04. The number of aromatic nitrogens is 2. The van der Waals surface area contributed by atoms with E-state index in [1.807, 2.05) is 74.5 Å². The van der Waals surface area contributed by atoms with Crippen LogP contribution in [0, 0.1) is 0 Å². The second-order valence-electron chi connectivity index (χ2n) is 8.04. The highest BCUT2D eigenvalue weighted by Gasteiger charge is 2.29. The monoisotopic (exact) mass is 575 g/mol. The van der Waals surface area contributed by atoms with Crippen LogP contribution in [0.5, 0.6) is 0 Å². The molecule has 0 saturated carbocycles. The van der Waals surface area contributed by atoms with Crippen molar-refractivity contribution in [1.82, 2.24) is 4.57 Å². The summed E-state index contributed by atoms with van der Waals surface area (Å²) in [5.74, 6) is -5.22. The maximum absolute atomic E-state index is 10.5. The lowest BCUT2D eigenvalue weighted by molar-refractivity contribution is -0.657. The van der Waals surface area contributed by atoms with E-state index in [9.17, 15) is 26.3 Å². The number of nitrogens with two attached hydrogens (primary N) is 1. The molecular weight excluding hydrogens is 550 g/mol. The molecule has 0 spiro atoms. The number of benzene rings is 2. The number of azo groups is 1. The van der Waals surface area contributed by atoms with Gasteiger partial charge in [-0.3, -0.25) is 0 Å². The van der Waals surface area contributed by atoms with Crippen LogP contribution in [0.3, 0.4) is 0 Å². The summed E-state index contributed by atoms with van der Waals surface area (Å²) in [6.45, 7) is 1.27. The summed E-state index contributed by atoms with van der Waals surface area (Å²) in [6.07, 6.45) is -6.39. The number of rotatable bonds is 6. The highest BCUT2D eigenvalue weighted by atomic mass is 19.4. The van der Waals surface area contributed by atoms with Crippen LogP contribution in [-0.2, 0) is 29.7 Å². The molecule has 218 valence electrons. The van der Waals surface area contributed by atoms with Gasteiger partial charge in [-0.05, 0) is 35.4 Å². The number of carbonyl (C=O) groups is 2. The van der Waals surface area contributed by atoms with Gasteiger partial charge >= 0.3 is 18.3 Å². The Morgan fingerprint density at radius 1 is 0.925 bits per heavy atom. The molecule has 1 aromatic heterocycles. The first-order chi connectivity index (χ1) is 18.4. The number of aliphatic carboxylic acids is 2. The van der Waals surface area contributed by atoms with Crippen molar-refractivity contribution in [1.29, 1.82) is 0 Å². The Bertz CT molecular complexity index is 1260. The van der Waals surface area contributed by atoms with Crippen molar-refractivity contribution in [2.45, 2.75) is 25.4 Å². The average Bonchev–Trinajstić information content (AvgIpc) is 3.21. The molecule has 40 heavy (non-hydrogen) atoms. The molecule has 0 bridgehead atoms. The SMILES string of the molecule is CN(C)c1ccc(N=Nc2n(Cc3cccc(CN)c3)cc[n+]2C)cc1.O=C([O-])C(F)(F)F.O=C([O-])C(F)(F)F. The normalized spacial score (nSPS) is 11.2. The van der Waals surface area contributed by atoms with E-state index in [1.54, 1.807) is 0 Å². The smallest absolute Gasteiger partial charge is 0.430 e. The molecule has 3 aromatic rings. The van der Waals surface area contributed by atoms with Crippen molar-refractivity contribution in [2.24, 2.45) is 23.0 Å². The fraction of sp³-hybridized carbons (Fsp3) is 0.292. The summed E-state index contributed by atoms with van der Waals surface area (Å²) >= 11 is 0. The maximum atomic E-state index is 10.5. The summed E-state index contributed by atoms with van der Waals surface area (Å²) in [4.78, 5) is 19.6. The number of nitrogens with zero attached hydrogens (tertiary/aromatic N) is 5. The maximum Gasteiger partial charge on any atom is 0.430 e. The van der Waals surface area contributed by atoms with E-state index < -0.39 is 24.3 Å². The van der Waals surface area contributed by atoms with Crippen molar-refractivity contribution in [3.8, 4) is 0 Å². The lowest BCUT2D eigenvalue weighted by Crippen LogP contribution is -2.37. The Morgan fingerprint density at radius 3 is 1.88 bits per heavy atom. The third-order valence-electron chi connectivity index (χ3n) is 4.71. The minimum atomic E-state index is -5.19. The average molecular weight is 575 g/mol. The molecule has 0 saturated heterocycles. The van der Waals surface area contributed by atoms with Gasteiger partial charge in [-0.25, -0.2) is 9.13 Å². The fourth-order valence-corrected chi connectivity index (χ4v) is 2.74. The van der Waals surface area contributed by atoms with E-state index >= 15 is 0 Å². The third-order valence-corrected chi connectivity index (χ3v) is 4.71. The Labute approximate surface area is 224 Å².